The summed E-state index contributed by atoms with van der Waals surface area (Å²) in [6.45, 7) is 1.37. The molecular weight excluding hydrogens is 406 g/mol. The predicted octanol–water partition coefficient (Wildman–Crippen LogP) is 3.42. The molecule has 162 valence electrons. The number of nitrogens with zero attached hydrogens (tertiary/aromatic N) is 3. The molecule has 3 N–H and O–H groups in total. The van der Waals surface area contributed by atoms with Crippen LogP contribution in [0.1, 0.15) is 24.8 Å². The van der Waals surface area contributed by atoms with Gasteiger partial charge in [-0.15, -0.1) is 0 Å². The van der Waals surface area contributed by atoms with Gasteiger partial charge in [-0.25, -0.2) is 5.10 Å². The highest BCUT2D eigenvalue weighted by Crippen LogP contribution is 2.26. The van der Waals surface area contributed by atoms with Crippen LogP contribution in [0.15, 0.2) is 59.7 Å². The van der Waals surface area contributed by atoms with E-state index in [1.165, 1.54) is 0 Å². The summed E-state index contributed by atoms with van der Waals surface area (Å²) in [5.41, 5.74) is 4.41. The Balaban J connectivity index is 1.46. The first-order chi connectivity index (χ1) is 15.6. The van der Waals surface area contributed by atoms with Crippen molar-refractivity contribution < 1.29 is 9.90 Å². The molecule has 1 fully saturated rings. The Kier molecular flexibility index (Phi) is 5.28. The van der Waals surface area contributed by atoms with Crippen LogP contribution in [0.2, 0.25) is 0 Å². The van der Waals surface area contributed by atoms with Gasteiger partial charge < -0.3 is 10.1 Å². The minimum Gasteiger partial charge on any atom is -0.480 e. The lowest BCUT2D eigenvalue weighted by Gasteiger charge is -2.32. The highest BCUT2D eigenvalue weighted by Gasteiger charge is 2.28. The minimum absolute atomic E-state index is 0.271. The molecule has 32 heavy (non-hydrogen) atoms. The van der Waals surface area contributed by atoms with Gasteiger partial charge in [0.2, 0.25) is 0 Å². The topological polar surface area (TPSA) is 115 Å². The van der Waals surface area contributed by atoms with Crippen LogP contribution < -0.4 is 5.56 Å². The molecular formula is C24H23N5O3. The highest BCUT2D eigenvalue weighted by molar-refractivity contribution is 5.86. The van der Waals surface area contributed by atoms with Crippen molar-refractivity contribution in [1.29, 1.82) is 0 Å². The van der Waals surface area contributed by atoms with Crippen LogP contribution in [-0.2, 0) is 11.3 Å². The average Bonchev–Trinajstić information content (AvgIpc) is 3.23. The second-order valence-electron chi connectivity index (χ2n) is 8.16. The fourth-order valence-corrected chi connectivity index (χ4v) is 4.39. The van der Waals surface area contributed by atoms with E-state index in [4.69, 9.17) is 0 Å². The minimum atomic E-state index is -0.755. The maximum atomic E-state index is 12.5. The Bertz CT molecular complexity index is 1330. The van der Waals surface area contributed by atoms with Gasteiger partial charge in [-0.3, -0.25) is 19.5 Å². The third-order valence-electron chi connectivity index (χ3n) is 6.04. The molecule has 0 saturated carbocycles. The maximum absolute atomic E-state index is 12.5. The Morgan fingerprint density at radius 3 is 2.78 bits per heavy atom. The number of rotatable bonds is 5. The van der Waals surface area contributed by atoms with Gasteiger partial charge in [0.1, 0.15) is 6.04 Å². The average molecular weight is 429 g/mol. The van der Waals surface area contributed by atoms with Crippen molar-refractivity contribution in [3.8, 4) is 22.5 Å². The molecule has 8 heteroatoms. The number of aliphatic carboxylic acids is 1. The van der Waals surface area contributed by atoms with E-state index in [0.717, 1.165) is 41.4 Å². The molecule has 1 atom stereocenters. The molecule has 4 aromatic rings. The normalized spacial score (nSPS) is 16.9. The first-order valence-electron chi connectivity index (χ1n) is 10.7. The van der Waals surface area contributed by atoms with E-state index >= 15 is 0 Å². The Morgan fingerprint density at radius 1 is 1.12 bits per heavy atom. The predicted molar refractivity (Wildman–Crippen MR) is 121 cm³/mol. The number of aromatic nitrogens is 4. The fraction of sp³-hybridized carbons (Fsp3) is 0.250. The van der Waals surface area contributed by atoms with Crippen LogP contribution in [-0.4, -0.2) is 48.7 Å². The maximum Gasteiger partial charge on any atom is 0.320 e. The van der Waals surface area contributed by atoms with Crippen molar-refractivity contribution in [3.05, 3.63) is 70.8 Å². The summed E-state index contributed by atoms with van der Waals surface area (Å²) < 4.78 is 0. The number of aromatic amines is 2. The fourth-order valence-electron chi connectivity index (χ4n) is 4.39. The summed E-state index contributed by atoms with van der Waals surface area (Å²) in [7, 11) is 0. The molecule has 4 heterocycles. The lowest BCUT2D eigenvalue weighted by atomic mass is 10.0. The molecule has 1 aliphatic rings. The van der Waals surface area contributed by atoms with Crippen molar-refractivity contribution in [1.82, 2.24) is 25.1 Å². The lowest BCUT2D eigenvalue weighted by molar-refractivity contribution is -0.144. The highest BCUT2D eigenvalue weighted by atomic mass is 16.4. The van der Waals surface area contributed by atoms with Gasteiger partial charge in [-0.05, 0) is 55.3 Å². The zero-order chi connectivity index (χ0) is 22.1. The number of benzene rings is 1. The zero-order valence-electron chi connectivity index (χ0n) is 17.4. The molecule has 0 amide bonds. The molecule has 0 aliphatic carbocycles. The number of hydrogen-bond acceptors (Lipinski definition) is 5. The molecule has 0 bridgehead atoms. The van der Waals surface area contributed by atoms with Gasteiger partial charge in [0.15, 0.2) is 0 Å². The first-order valence-corrected chi connectivity index (χ1v) is 10.7. The first kappa shape index (κ1) is 20.1. The molecule has 1 aromatic carbocycles. The lowest BCUT2D eigenvalue weighted by Crippen LogP contribution is -2.43. The van der Waals surface area contributed by atoms with Crippen molar-refractivity contribution in [2.45, 2.75) is 31.8 Å². The molecule has 1 saturated heterocycles. The smallest absolute Gasteiger partial charge is 0.320 e. The largest absolute Gasteiger partial charge is 0.480 e. The number of carboxylic acids is 1. The third-order valence-corrected chi connectivity index (χ3v) is 6.04. The zero-order valence-corrected chi connectivity index (χ0v) is 17.4. The third kappa shape index (κ3) is 3.92. The van der Waals surface area contributed by atoms with Crippen LogP contribution >= 0.6 is 0 Å². The number of carbonyl (C=O) groups is 1. The second-order valence-corrected chi connectivity index (χ2v) is 8.16. The Morgan fingerprint density at radius 2 is 1.97 bits per heavy atom. The summed E-state index contributed by atoms with van der Waals surface area (Å²) in [5, 5.41) is 17.3. The van der Waals surface area contributed by atoms with Crippen LogP contribution in [0.4, 0.5) is 0 Å². The van der Waals surface area contributed by atoms with E-state index in [9.17, 15) is 14.7 Å². The van der Waals surface area contributed by atoms with Gasteiger partial charge in [-0.2, -0.15) is 5.10 Å². The van der Waals surface area contributed by atoms with Gasteiger partial charge in [0.05, 0.1) is 17.0 Å². The monoisotopic (exact) mass is 429 g/mol. The Hall–Kier alpha value is -3.78. The summed E-state index contributed by atoms with van der Waals surface area (Å²) in [5.74, 6) is -0.755. The number of nitrogens with one attached hydrogen (secondary N) is 2. The molecule has 3 aromatic heterocycles. The quantitative estimate of drug-likeness (QED) is 0.448. The van der Waals surface area contributed by atoms with Gasteiger partial charge in [-0.1, -0.05) is 18.6 Å². The van der Waals surface area contributed by atoms with Gasteiger partial charge >= 0.3 is 5.97 Å². The number of piperidine rings is 1. The molecule has 0 radical (unpaired) electrons. The number of fused-ring (bicyclic) bond motifs is 1. The molecule has 0 spiro atoms. The van der Waals surface area contributed by atoms with Gasteiger partial charge in [0.25, 0.3) is 5.56 Å². The van der Waals surface area contributed by atoms with Gasteiger partial charge in [0, 0.05) is 35.4 Å². The number of likely N-dealkylation sites (tertiary alicyclic amines) is 1. The number of pyridine rings is 1. The van der Waals surface area contributed by atoms with E-state index in [1.807, 2.05) is 41.3 Å². The van der Waals surface area contributed by atoms with E-state index in [2.05, 4.69) is 20.2 Å². The van der Waals surface area contributed by atoms with Crippen LogP contribution in [0, 0.1) is 0 Å². The van der Waals surface area contributed by atoms with Crippen molar-refractivity contribution in [3.63, 3.8) is 0 Å². The molecule has 8 nitrogen and oxygen atoms in total. The van der Waals surface area contributed by atoms with E-state index < -0.39 is 12.0 Å². The molecule has 1 aliphatic heterocycles. The van der Waals surface area contributed by atoms with Crippen molar-refractivity contribution in [2.75, 3.05) is 6.54 Å². The molecule has 5 rings (SSSR count). The standard InChI is InChI=1S/C24H23N5O3/c30-23-18(13-20(27-28-23)16-6-8-25-9-7-16)21-12-17-5-4-15(11-19(17)26-21)14-29-10-2-1-3-22(29)24(31)32/h4-9,11-13,22,26H,1-3,10,14H2,(H,28,30)(H,31,32). The van der Waals surface area contributed by atoms with Crippen molar-refractivity contribution >= 4 is 16.9 Å². The number of carboxylic acid groups (broad SMARTS) is 1. The van der Waals surface area contributed by atoms with E-state index in [1.54, 1.807) is 18.5 Å². The SMILES string of the molecule is O=C(O)C1CCCCN1Cc1ccc2cc(-c3cc(-c4ccncc4)n[nH]c3=O)[nH]c2c1. The summed E-state index contributed by atoms with van der Waals surface area (Å²) >= 11 is 0. The van der Waals surface area contributed by atoms with Crippen molar-refractivity contribution in [2.24, 2.45) is 0 Å². The van der Waals surface area contributed by atoms with Crippen LogP contribution in [0.5, 0.6) is 0 Å². The number of hydrogen-bond donors (Lipinski definition) is 3. The van der Waals surface area contributed by atoms with E-state index in [0.29, 0.717) is 29.9 Å². The summed E-state index contributed by atoms with van der Waals surface area (Å²) in [6, 6.07) is 13.0. The van der Waals surface area contributed by atoms with Crippen LogP contribution in [0.3, 0.4) is 0 Å². The second kappa shape index (κ2) is 8.39. The van der Waals surface area contributed by atoms with Crippen LogP contribution in [0.25, 0.3) is 33.4 Å². The summed E-state index contributed by atoms with van der Waals surface area (Å²) in [4.78, 5) is 33.5. The van der Waals surface area contributed by atoms with E-state index in [-0.39, 0.29) is 5.56 Å². The number of H-pyrrole nitrogens is 2. The molecule has 1 unspecified atom stereocenters. The summed E-state index contributed by atoms with van der Waals surface area (Å²) in [6.07, 6.45) is 6.03. The Labute approximate surface area is 183 Å².